The summed E-state index contributed by atoms with van der Waals surface area (Å²) in [6, 6.07) is -1.02. The van der Waals surface area contributed by atoms with Crippen molar-refractivity contribution in [2.75, 3.05) is 13.1 Å². The number of amides is 2. The predicted octanol–water partition coefficient (Wildman–Crippen LogP) is 2.46. The maximum atomic E-state index is 12.0. The largest absolute Gasteiger partial charge is 0.480 e. The first kappa shape index (κ1) is 15.8. The van der Waals surface area contributed by atoms with Crippen molar-refractivity contribution in [2.24, 2.45) is 5.41 Å². The molecule has 1 rings (SSSR count). The van der Waals surface area contributed by atoms with E-state index in [9.17, 15) is 9.59 Å². The minimum absolute atomic E-state index is 0.241. The lowest BCUT2D eigenvalue weighted by molar-refractivity contribution is -0.139. The fourth-order valence-electron chi connectivity index (χ4n) is 2.72. The van der Waals surface area contributed by atoms with E-state index in [1.54, 1.807) is 11.8 Å². The molecular formula is C14H26N2O3. The zero-order valence-corrected chi connectivity index (χ0v) is 12.2. The van der Waals surface area contributed by atoms with Crippen LogP contribution in [0.25, 0.3) is 0 Å². The average molecular weight is 270 g/mol. The highest BCUT2D eigenvalue weighted by Crippen LogP contribution is 2.37. The second-order valence-corrected chi connectivity index (χ2v) is 5.44. The Morgan fingerprint density at radius 3 is 2.11 bits per heavy atom. The Morgan fingerprint density at radius 2 is 1.74 bits per heavy atom. The third kappa shape index (κ3) is 3.85. The van der Waals surface area contributed by atoms with E-state index in [0.29, 0.717) is 11.8 Å². The van der Waals surface area contributed by atoms with Gasteiger partial charge in [0.15, 0.2) is 0 Å². The molecule has 1 saturated heterocycles. The molecule has 1 aliphatic rings. The minimum atomic E-state index is -0.968. The summed E-state index contributed by atoms with van der Waals surface area (Å²) < 4.78 is 0. The molecule has 2 amide bonds. The first-order valence-corrected chi connectivity index (χ1v) is 7.26. The van der Waals surface area contributed by atoms with Gasteiger partial charge in [-0.3, -0.25) is 0 Å². The molecule has 0 aromatic heterocycles. The van der Waals surface area contributed by atoms with Crippen LogP contribution in [-0.2, 0) is 4.79 Å². The third-order valence-electron chi connectivity index (χ3n) is 4.62. The number of piperidine rings is 1. The summed E-state index contributed by atoms with van der Waals surface area (Å²) in [5.74, 6) is -0.968. The maximum Gasteiger partial charge on any atom is 0.326 e. The number of aliphatic carboxylic acids is 1. The van der Waals surface area contributed by atoms with E-state index in [4.69, 9.17) is 5.11 Å². The monoisotopic (exact) mass is 270 g/mol. The van der Waals surface area contributed by atoms with Crippen LogP contribution in [0.2, 0.25) is 0 Å². The summed E-state index contributed by atoms with van der Waals surface area (Å²) in [4.78, 5) is 24.7. The number of rotatable bonds is 5. The summed E-state index contributed by atoms with van der Waals surface area (Å²) in [5, 5.41) is 11.5. The van der Waals surface area contributed by atoms with Crippen LogP contribution in [0, 0.1) is 5.41 Å². The van der Waals surface area contributed by atoms with Gasteiger partial charge in [-0.15, -0.1) is 0 Å². The minimum Gasteiger partial charge on any atom is -0.480 e. The van der Waals surface area contributed by atoms with Gasteiger partial charge in [-0.2, -0.15) is 0 Å². The van der Waals surface area contributed by atoms with Crippen LogP contribution in [0.1, 0.15) is 52.9 Å². The van der Waals surface area contributed by atoms with Gasteiger partial charge in [-0.1, -0.05) is 33.6 Å². The lowest BCUT2D eigenvalue weighted by Gasteiger charge is -2.41. The van der Waals surface area contributed by atoms with Crippen molar-refractivity contribution in [3.63, 3.8) is 0 Å². The van der Waals surface area contributed by atoms with Crippen molar-refractivity contribution in [3.8, 4) is 0 Å². The fraction of sp³-hybridized carbons (Fsp3) is 0.857. The molecule has 19 heavy (non-hydrogen) atoms. The molecule has 0 saturated carbocycles. The smallest absolute Gasteiger partial charge is 0.326 e. The highest BCUT2D eigenvalue weighted by Gasteiger charge is 2.33. The van der Waals surface area contributed by atoms with Gasteiger partial charge in [0.05, 0.1) is 0 Å². The van der Waals surface area contributed by atoms with Gasteiger partial charge >= 0.3 is 12.0 Å². The van der Waals surface area contributed by atoms with Gasteiger partial charge in [0.25, 0.3) is 0 Å². The molecule has 0 bridgehead atoms. The lowest BCUT2D eigenvalue weighted by Crippen LogP contribution is -2.51. The van der Waals surface area contributed by atoms with Crippen LogP contribution in [-0.4, -0.2) is 41.1 Å². The second kappa shape index (κ2) is 6.78. The highest BCUT2D eigenvalue weighted by atomic mass is 16.4. The summed E-state index contributed by atoms with van der Waals surface area (Å²) in [5.41, 5.74) is 0.369. The molecule has 5 heteroatoms. The molecular weight excluding hydrogens is 244 g/mol. The molecule has 1 fully saturated rings. The molecule has 1 aliphatic heterocycles. The average Bonchev–Trinajstić information content (AvgIpc) is 2.44. The topological polar surface area (TPSA) is 69.6 Å². The number of hydrogen-bond donors (Lipinski definition) is 2. The molecule has 1 unspecified atom stereocenters. The van der Waals surface area contributed by atoms with Crippen LogP contribution in [0.15, 0.2) is 0 Å². The molecule has 0 aromatic carbocycles. The number of urea groups is 1. The zero-order valence-electron chi connectivity index (χ0n) is 12.2. The normalized spacial score (nSPS) is 19.8. The van der Waals surface area contributed by atoms with E-state index in [-0.39, 0.29) is 6.03 Å². The number of hydrogen-bond acceptors (Lipinski definition) is 2. The van der Waals surface area contributed by atoms with Crippen molar-refractivity contribution in [3.05, 3.63) is 0 Å². The number of carbonyl (C=O) groups excluding carboxylic acids is 1. The highest BCUT2D eigenvalue weighted by molar-refractivity contribution is 5.82. The Labute approximate surface area is 115 Å². The summed E-state index contributed by atoms with van der Waals surface area (Å²) >= 11 is 0. The van der Waals surface area contributed by atoms with Crippen LogP contribution in [0.5, 0.6) is 0 Å². The molecule has 1 heterocycles. The first-order valence-electron chi connectivity index (χ1n) is 7.26. The van der Waals surface area contributed by atoms with E-state index < -0.39 is 12.0 Å². The summed E-state index contributed by atoms with van der Waals surface area (Å²) in [7, 11) is 0. The number of nitrogens with zero attached hydrogens (tertiary/aromatic N) is 1. The van der Waals surface area contributed by atoms with Gasteiger partial charge in [-0.25, -0.2) is 9.59 Å². The summed E-state index contributed by atoms with van der Waals surface area (Å²) in [6.45, 7) is 7.62. The Hall–Kier alpha value is -1.26. The van der Waals surface area contributed by atoms with E-state index in [1.165, 1.54) is 0 Å². The van der Waals surface area contributed by atoms with Crippen molar-refractivity contribution >= 4 is 12.0 Å². The fourth-order valence-corrected chi connectivity index (χ4v) is 2.72. The standard InChI is InChI=1S/C14H26N2O3/c1-4-11(12(17)18)15-13(19)16-9-7-14(5-2,6-3)8-10-16/h11H,4-10H2,1-3H3,(H,15,19)(H,17,18). The Morgan fingerprint density at radius 1 is 1.21 bits per heavy atom. The molecule has 2 N–H and O–H groups in total. The number of carboxylic acids is 1. The Balaban J connectivity index is 2.51. The van der Waals surface area contributed by atoms with Crippen molar-refractivity contribution in [1.29, 1.82) is 0 Å². The number of likely N-dealkylation sites (tertiary alicyclic amines) is 1. The quantitative estimate of drug-likeness (QED) is 0.806. The van der Waals surface area contributed by atoms with Gasteiger partial charge < -0.3 is 15.3 Å². The maximum absolute atomic E-state index is 12.0. The summed E-state index contributed by atoms with van der Waals surface area (Å²) in [6.07, 6.45) is 4.72. The third-order valence-corrected chi connectivity index (χ3v) is 4.62. The zero-order chi connectivity index (χ0) is 14.5. The van der Waals surface area contributed by atoms with Gasteiger partial charge in [0.1, 0.15) is 6.04 Å². The van der Waals surface area contributed by atoms with Crippen molar-refractivity contribution in [2.45, 2.75) is 58.9 Å². The molecule has 0 radical (unpaired) electrons. The predicted molar refractivity (Wildman–Crippen MR) is 74.1 cm³/mol. The SMILES string of the molecule is CCC(NC(=O)N1CCC(CC)(CC)CC1)C(=O)O. The van der Waals surface area contributed by atoms with Crippen LogP contribution in [0.4, 0.5) is 4.79 Å². The van der Waals surface area contributed by atoms with Crippen LogP contribution >= 0.6 is 0 Å². The second-order valence-electron chi connectivity index (χ2n) is 5.44. The molecule has 1 atom stereocenters. The number of carboxylic acid groups (broad SMARTS) is 1. The Bertz CT molecular complexity index is 317. The van der Waals surface area contributed by atoms with Crippen molar-refractivity contribution in [1.82, 2.24) is 10.2 Å². The lowest BCUT2D eigenvalue weighted by atomic mass is 9.74. The molecule has 0 aromatic rings. The van der Waals surface area contributed by atoms with Gasteiger partial charge in [-0.05, 0) is 24.7 Å². The first-order chi connectivity index (χ1) is 8.98. The van der Waals surface area contributed by atoms with E-state index >= 15 is 0 Å². The van der Waals surface area contributed by atoms with Crippen LogP contribution in [0.3, 0.4) is 0 Å². The molecule has 0 aliphatic carbocycles. The molecule has 0 spiro atoms. The van der Waals surface area contributed by atoms with E-state index in [1.807, 2.05) is 0 Å². The van der Waals surface area contributed by atoms with Gasteiger partial charge in [0.2, 0.25) is 0 Å². The van der Waals surface area contributed by atoms with Crippen molar-refractivity contribution < 1.29 is 14.7 Å². The Kier molecular flexibility index (Phi) is 5.63. The number of carbonyl (C=O) groups is 2. The molecule has 110 valence electrons. The van der Waals surface area contributed by atoms with E-state index in [0.717, 1.165) is 38.8 Å². The van der Waals surface area contributed by atoms with Gasteiger partial charge in [0, 0.05) is 13.1 Å². The molecule has 5 nitrogen and oxygen atoms in total. The van der Waals surface area contributed by atoms with Crippen LogP contribution < -0.4 is 5.32 Å². The number of nitrogens with one attached hydrogen (secondary N) is 1. The van der Waals surface area contributed by atoms with E-state index in [2.05, 4.69) is 19.2 Å².